The predicted octanol–water partition coefficient (Wildman–Crippen LogP) is 4.50. The minimum Gasteiger partial charge on any atom is -0.493 e. The predicted molar refractivity (Wildman–Crippen MR) is 155 cm³/mol. The number of ether oxygens (including phenoxy) is 2. The van der Waals surface area contributed by atoms with E-state index in [2.05, 4.69) is 5.32 Å². The van der Waals surface area contributed by atoms with E-state index in [0.29, 0.717) is 29.3 Å². The Morgan fingerprint density at radius 1 is 0.925 bits per heavy atom. The summed E-state index contributed by atoms with van der Waals surface area (Å²) in [4.78, 5) is 28.3. The molecule has 0 saturated carbocycles. The molecule has 1 N–H and O–H groups in total. The fraction of sp³-hybridized carbons (Fsp3) is 0.310. The van der Waals surface area contributed by atoms with Crippen LogP contribution in [0.15, 0.2) is 77.7 Å². The van der Waals surface area contributed by atoms with Crippen LogP contribution in [0.1, 0.15) is 25.8 Å². The number of halogens is 1. The molecule has 9 nitrogen and oxygen atoms in total. The lowest BCUT2D eigenvalue weighted by atomic mass is 10.1. The molecule has 0 aliphatic carbocycles. The molecule has 0 fully saturated rings. The van der Waals surface area contributed by atoms with Gasteiger partial charge in [0.05, 0.1) is 24.8 Å². The number of carbonyl (C=O) groups is 2. The summed E-state index contributed by atoms with van der Waals surface area (Å²) in [6.45, 7) is 3.43. The van der Waals surface area contributed by atoms with E-state index >= 15 is 0 Å². The zero-order valence-corrected chi connectivity index (χ0v) is 24.5. The number of nitrogens with zero attached hydrogens (tertiary/aromatic N) is 2. The lowest BCUT2D eigenvalue weighted by Crippen LogP contribution is -2.52. The Balaban J connectivity index is 2.08. The van der Waals surface area contributed by atoms with Gasteiger partial charge in [-0.3, -0.25) is 13.9 Å². The molecule has 0 spiro atoms. The van der Waals surface area contributed by atoms with Gasteiger partial charge in [-0.2, -0.15) is 0 Å². The van der Waals surface area contributed by atoms with Crippen molar-refractivity contribution in [2.45, 2.75) is 37.8 Å². The van der Waals surface area contributed by atoms with Crippen molar-refractivity contribution in [2.24, 2.45) is 0 Å². The second kappa shape index (κ2) is 14.0. The molecular weight excluding hydrogens is 554 g/mol. The fourth-order valence-electron chi connectivity index (χ4n) is 4.25. The van der Waals surface area contributed by atoms with E-state index in [-0.39, 0.29) is 28.8 Å². The van der Waals surface area contributed by atoms with Crippen molar-refractivity contribution in [1.29, 1.82) is 0 Å². The number of sulfonamides is 1. The molecule has 0 unspecified atom stereocenters. The van der Waals surface area contributed by atoms with Gasteiger partial charge in [0.25, 0.3) is 10.0 Å². The highest BCUT2D eigenvalue weighted by Gasteiger charge is 2.34. The fourth-order valence-corrected chi connectivity index (χ4v) is 5.87. The second-order valence-electron chi connectivity index (χ2n) is 8.80. The van der Waals surface area contributed by atoms with E-state index in [1.165, 1.54) is 37.3 Å². The summed E-state index contributed by atoms with van der Waals surface area (Å²) in [6.07, 6.45) is 0.315. The Kier molecular flexibility index (Phi) is 10.8. The number of anilines is 1. The van der Waals surface area contributed by atoms with Gasteiger partial charge in [0.2, 0.25) is 11.8 Å². The summed E-state index contributed by atoms with van der Waals surface area (Å²) in [5.41, 5.74) is 0.920. The number of benzene rings is 3. The number of nitrogens with one attached hydrogen (secondary N) is 1. The van der Waals surface area contributed by atoms with E-state index in [1.807, 2.05) is 0 Å². The average Bonchev–Trinajstić information content (AvgIpc) is 2.96. The third-order valence-electron chi connectivity index (χ3n) is 6.30. The molecule has 40 heavy (non-hydrogen) atoms. The van der Waals surface area contributed by atoms with Crippen molar-refractivity contribution in [3.8, 4) is 11.5 Å². The molecule has 3 rings (SSSR count). The number of hydrogen-bond donors (Lipinski definition) is 1. The maximum atomic E-state index is 14.0. The highest BCUT2D eigenvalue weighted by molar-refractivity contribution is 7.92. The first-order chi connectivity index (χ1) is 19.2. The molecule has 0 aliphatic rings. The van der Waals surface area contributed by atoms with Gasteiger partial charge in [0, 0.05) is 24.2 Å². The zero-order chi connectivity index (χ0) is 29.3. The second-order valence-corrected chi connectivity index (χ2v) is 11.1. The summed E-state index contributed by atoms with van der Waals surface area (Å²) >= 11 is 6.40. The molecule has 0 aromatic heterocycles. The quantitative estimate of drug-likeness (QED) is 0.316. The summed E-state index contributed by atoms with van der Waals surface area (Å²) in [6, 6.07) is 18.7. The van der Waals surface area contributed by atoms with Gasteiger partial charge in [0.15, 0.2) is 11.5 Å². The van der Waals surface area contributed by atoms with Crippen LogP contribution >= 0.6 is 11.6 Å². The number of methoxy groups -OCH3 is 2. The first-order valence-corrected chi connectivity index (χ1v) is 14.6. The minimum atomic E-state index is -4.26. The Labute approximate surface area is 240 Å². The zero-order valence-electron chi connectivity index (χ0n) is 23.0. The molecule has 3 aromatic rings. The first-order valence-electron chi connectivity index (χ1n) is 12.8. The number of para-hydroxylation sites is 1. The van der Waals surface area contributed by atoms with Gasteiger partial charge in [-0.25, -0.2) is 8.42 Å². The molecule has 2 amide bonds. The van der Waals surface area contributed by atoms with E-state index in [4.69, 9.17) is 21.1 Å². The third kappa shape index (κ3) is 7.05. The third-order valence-corrected chi connectivity index (χ3v) is 8.44. The molecular formula is C29H34ClN3O6S. The van der Waals surface area contributed by atoms with Gasteiger partial charge >= 0.3 is 0 Å². The van der Waals surface area contributed by atoms with E-state index < -0.39 is 28.5 Å². The molecule has 0 saturated heterocycles. The topological polar surface area (TPSA) is 105 Å². The van der Waals surface area contributed by atoms with Gasteiger partial charge in [-0.1, -0.05) is 54.9 Å². The van der Waals surface area contributed by atoms with Crippen LogP contribution in [-0.2, 0) is 26.2 Å². The smallest absolute Gasteiger partial charge is 0.264 e. The number of amides is 2. The SMILES string of the molecule is CCNC(=O)[C@H](CC)N(Cc1ccccc1Cl)C(=O)CN(c1ccccc1)S(=O)(=O)c1ccc(OC)c(OC)c1. The summed E-state index contributed by atoms with van der Waals surface area (Å²) < 4.78 is 39.6. The molecule has 0 radical (unpaired) electrons. The Morgan fingerprint density at radius 3 is 2.17 bits per heavy atom. The Hall–Kier alpha value is -3.76. The van der Waals surface area contributed by atoms with Crippen LogP contribution in [0.2, 0.25) is 5.02 Å². The largest absolute Gasteiger partial charge is 0.493 e. The highest BCUT2D eigenvalue weighted by Crippen LogP contribution is 2.32. The number of rotatable bonds is 13. The maximum Gasteiger partial charge on any atom is 0.264 e. The molecule has 0 bridgehead atoms. The molecule has 3 aromatic carbocycles. The van der Waals surface area contributed by atoms with Crippen molar-refractivity contribution in [1.82, 2.24) is 10.2 Å². The number of hydrogen-bond acceptors (Lipinski definition) is 6. The van der Waals surface area contributed by atoms with E-state index in [0.717, 1.165) is 4.31 Å². The Bertz CT molecular complexity index is 1420. The first kappa shape index (κ1) is 30.8. The Morgan fingerprint density at radius 2 is 1.57 bits per heavy atom. The standard InChI is InChI=1S/C29H34ClN3O6S/c1-5-25(29(35)31-6-2)32(19-21-12-10-11-15-24(21)30)28(34)20-33(22-13-8-7-9-14-22)40(36,37)23-16-17-26(38-3)27(18-23)39-4/h7-18,25H,5-6,19-20H2,1-4H3,(H,31,35)/t25-/m0/s1. The number of carbonyl (C=O) groups excluding carboxylic acids is 2. The van der Waals surface area contributed by atoms with Crippen LogP contribution in [0.3, 0.4) is 0 Å². The van der Waals surface area contributed by atoms with Crippen LogP contribution in [0.25, 0.3) is 0 Å². The molecule has 0 aliphatic heterocycles. The van der Waals surface area contributed by atoms with Crippen LogP contribution in [-0.4, -0.2) is 58.5 Å². The van der Waals surface area contributed by atoms with Crippen molar-refractivity contribution in [3.63, 3.8) is 0 Å². The van der Waals surface area contributed by atoms with E-state index in [1.54, 1.807) is 68.4 Å². The molecule has 214 valence electrons. The van der Waals surface area contributed by atoms with Gasteiger partial charge in [-0.05, 0) is 49.2 Å². The highest BCUT2D eigenvalue weighted by atomic mass is 35.5. The summed E-state index contributed by atoms with van der Waals surface area (Å²) in [5, 5.41) is 3.21. The molecule has 1 atom stereocenters. The summed E-state index contributed by atoms with van der Waals surface area (Å²) in [5.74, 6) is -0.307. The van der Waals surface area contributed by atoms with Crippen molar-refractivity contribution in [3.05, 3.63) is 83.4 Å². The van der Waals surface area contributed by atoms with Crippen LogP contribution < -0.4 is 19.1 Å². The molecule has 11 heteroatoms. The van der Waals surface area contributed by atoms with Crippen molar-refractivity contribution in [2.75, 3.05) is 31.6 Å². The summed E-state index contributed by atoms with van der Waals surface area (Å²) in [7, 11) is -1.40. The van der Waals surface area contributed by atoms with Crippen LogP contribution in [0.4, 0.5) is 5.69 Å². The minimum absolute atomic E-state index is 0.0210. The molecule has 0 heterocycles. The van der Waals surface area contributed by atoms with Crippen molar-refractivity contribution < 1.29 is 27.5 Å². The van der Waals surface area contributed by atoms with Gasteiger partial charge in [-0.15, -0.1) is 0 Å². The van der Waals surface area contributed by atoms with E-state index in [9.17, 15) is 18.0 Å². The number of likely N-dealkylation sites (N-methyl/N-ethyl adjacent to an activating group) is 1. The lowest BCUT2D eigenvalue weighted by molar-refractivity contribution is -0.140. The van der Waals surface area contributed by atoms with Crippen LogP contribution in [0.5, 0.6) is 11.5 Å². The average molecular weight is 588 g/mol. The maximum absolute atomic E-state index is 14.0. The van der Waals surface area contributed by atoms with Crippen molar-refractivity contribution >= 4 is 39.1 Å². The monoisotopic (exact) mass is 587 g/mol. The normalized spacial score (nSPS) is 11.8. The van der Waals surface area contributed by atoms with Gasteiger partial charge in [0.1, 0.15) is 12.6 Å². The lowest BCUT2D eigenvalue weighted by Gasteiger charge is -2.33. The van der Waals surface area contributed by atoms with Gasteiger partial charge < -0.3 is 19.7 Å². The van der Waals surface area contributed by atoms with Crippen LogP contribution in [0, 0.1) is 0 Å².